The van der Waals surface area contributed by atoms with Gasteiger partial charge in [-0.1, -0.05) is 11.6 Å². The zero-order valence-corrected chi connectivity index (χ0v) is 20.9. The maximum Gasteiger partial charge on any atom is 0.257 e. The zero-order valence-electron chi connectivity index (χ0n) is 20.9. The van der Waals surface area contributed by atoms with E-state index in [0.717, 1.165) is 62.6 Å². The Bertz CT molecular complexity index is 1100. The van der Waals surface area contributed by atoms with Gasteiger partial charge < -0.3 is 10.2 Å². The molecule has 4 heterocycles. The molecule has 1 aromatic heterocycles. The van der Waals surface area contributed by atoms with Crippen LogP contribution in [0.4, 0.5) is 5.82 Å². The Morgan fingerprint density at radius 1 is 1.14 bits per heavy atom. The van der Waals surface area contributed by atoms with E-state index in [1.165, 1.54) is 12.8 Å². The number of fused-ring (bicyclic) bond motifs is 1. The summed E-state index contributed by atoms with van der Waals surface area (Å²) in [6.07, 6.45) is 16.1. The van der Waals surface area contributed by atoms with Crippen LogP contribution < -0.4 is 10.7 Å². The number of hydrazine groups is 1. The van der Waals surface area contributed by atoms with Gasteiger partial charge in [-0.25, -0.2) is 15.1 Å². The number of aromatic nitrogens is 2. The number of anilines is 1. The molecule has 3 aliphatic heterocycles. The van der Waals surface area contributed by atoms with Gasteiger partial charge in [0.25, 0.3) is 5.91 Å². The molecular weight excluding hydrogens is 438 g/mol. The molecule has 0 bridgehead atoms. The fourth-order valence-corrected chi connectivity index (χ4v) is 5.92. The Hall–Kier alpha value is -2.71. The molecule has 1 amide bonds. The summed E-state index contributed by atoms with van der Waals surface area (Å²) in [5.74, 6) is 2.68. The molecule has 186 valence electrons. The molecule has 35 heavy (non-hydrogen) atoms. The molecule has 1 saturated heterocycles. The largest absolute Gasteiger partial charge is 0.307 e. The highest BCUT2D eigenvalue weighted by molar-refractivity contribution is 6.04. The number of carbonyl (C=O) groups is 1. The van der Waals surface area contributed by atoms with Crippen molar-refractivity contribution in [2.75, 3.05) is 25.0 Å². The first-order valence-electron chi connectivity index (χ1n) is 13.4. The zero-order chi connectivity index (χ0) is 23.9. The minimum Gasteiger partial charge on any atom is -0.307 e. The lowest BCUT2D eigenvalue weighted by Crippen LogP contribution is -2.37. The quantitative estimate of drug-likeness (QED) is 0.606. The van der Waals surface area contributed by atoms with Gasteiger partial charge in [-0.2, -0.15) is 5.10 Å². The third-order valence-electron chi connectivity index (χ3n) is 8.26. The summed E-state index contributed by atoms with van der Waals surface area (Å²) in [6.45, 7) is 7.23. The number of rotatable bonds is 6. The first-order valence-corrected chi connectivity index (χ1v) is 13.4. The van der Waals surface area contributed by atoms with E-state index in [-0.39, 0.29) is 5.91 Å². The van der Waals surface area contributed by atoms with E-state index in [1.54, 1.807) is 11.8 Å². The molecule has 1 atom stereocenters. The van der Waals surface area contributed by atoms with Crippen LogP contribution in [0.3, 0.4) is 0 Å². The lowest BCUT2D eigenvalue weighted by Gasteiger charge is -2.34. The van der Waals surface area contributed by atoms with Crippen LogP contribution in [-0.2, 0) is 4.79 Å². The van der Waals surface area contributed by atoms with Gasteiger partial charge in [-0.15, -0.1) is 0 Å². The number of aliphatic imine (C=N–C) groups is 1. The normalized spacial score (nSPS) is 25.4. The van der Waals surface area contributed by atoms with Crippen molar-refractivity contribution in [3.8, 4) is 0 Å². The number of likely N-dealkylation sites (tertiary alicyclic amines) is 1. The van der Waals surface area contributed by atoms with Gasteiger partial charge in [0.15, 0.2) is 5.82 Å². The minimum absolute atomic E-state index is 0.102. The molecule has 8 heteroatoms. The van der Waals surface area contributed by atoms with Crippen molar-refractivity contribution in [3.05, 3.63) is 47.1 Å². The molecule has 0 radical (unpaired) electrons. The average Bonchev–Trinajstić information content (AvgIpc) is 3.51. The highest BCUT2D eigenvalue weighted by Gasteiger charge is 2.32. The lowest BCUT2D eigenvalue weighted by molar-refractivity contribution is -0.112. The average molecular weight is 476 g/mol. The van der Waals surface area contributed by atoms with Crippen molar-refractivity contribution in [1.82, 2.24) is 25.1 Å². The number of hydrogen-bond donors (Lipinski definition) is 2. The van der Waals surface area contributed by atoms with Gasteiger partial charge >= 0.3 is 0 Å². The van der Waals surface area contributed by atoms with Crippen LogP contribution in [0.25, 0.3) is 0 Å². The third-order valence-corrected chi connectivity index (χ3v) is 8.26. The van der Waals surface area contributed by atoms with E-state index in [1.807, 2.05) is 17.3 Å². The second-order valence-electron chi connectivity index (χ2n) is 10.9. The van der Waals surface area contributed by atoms with Crippen LogP contribution >= 0.6 is 0 Å². The van der Waals surface area contributed by atoms with Crippen molar-refractivity contribution in [2.45, 2.75) is 76.8 Å². The molecular formula is C27H37N7O. The predicted octanol–water partition coefficient (Wildman–Crippen LogP) is 4.10. The van der Waals surface area contributed by atoms with Crippen LogP contribution in [0.2, 0.25) is 0 Å². The summed E-state index contributed by atoms with van der Waals surface area (Å²) in [5, 5.41) is 10.2. The fourth-order valence-electron chi connectivity index (χ4n) is 5.92. The molecule has 5 aliphatic rings. The van der Waals surface area contributed by atoms with Gasteiger partial charge in [-0.3, -0.25) is 9.80 Å². The van der Waals surface area contributed by atoms with Crippen LogP contribution in [0.15, 0.2) is 46.4 Å². The standard InChI is InChI=1S/C27H37N7O/c1-18(2)32-14-10-21(11-15-32)24-16-25(30-27(35)23-17-29-33-13-3-12-28-26(23)33)34(31-24)22-8-6-20(7-9-22)19-4-5-19/h3,6,12-13,16,18-19,21-22,29H,4-5,7-11,14-15,17H2,1-2H3,(H,30,35). The Labute approximate surface area is 207 Å². The first-order chi connectivity index (χ1) is 17.1. The molecule has 2 N–H and O–H groups in total. The van der Waals surface area contributed by atoms with Gasteiger partial charge in [0.1, 0.15) is 5.82 Å². The van der Waals surface area contributed by atoms with Gasteiger partial charge in [-0.05, 0) is 83.9 Å². The van der Waals surface area contributed by atoms with Crippen LogP contribution in [0.5, 0.6) is 0 Å². The lowest BCUT2D eigenvalue weighted by atomic mass is 9.92. The molecule has 6 rings (SSSR count). The molecule has 1 saturated carbocycles. The minimum atomic E-state index is -0.102. The van der Waals surface area contributed by atoms with Crippen molar-refractivity contribution in [1.29, 1.82) is 0 Å². The van der Waals surface area contributed by atoms with E-state index in [4.69, 9.17) is 5.10 Å². The predicted molar refractivity (Wildman–Crippen MR) is 138 cm³/mol. The van der Waals surface area contributed by atoms with Crippen molar-refractivity contribution in [2.24, 2.45) is 10.9 Å². The summed E-state index contributed by atoms with van der Waals surface area (Å²) in [7, 11) is 0. The summed E-state index contributed by atoms with van der Waals surface area (Å²) in [6, 6.07) is 3.02. The highest BCUT2D eigenvalue weighted by Crippen LogP contribution is 2.43. The van der Waals surface area contributed by atoms with E-state index >= 15 is 0 Å². The first kappa shape index (κ1) is 22.7. The summed E-state index contributed by atoms with van der Waals surface area (Å²) < 4.78 is 2.12. The number of piperidine rings is 1. The molecule has 1 unspecified atom stereocenters. The second-order valence-corrected chi connectivity index (χ2v) is 10.9. The summed E-state index contributed by atoms with van der Waals surface area (Å²) in [5.41, 5.74) is 6.64. The van der Waals surface area contributed by atoms with E-state index < -0.39 is 0 Å². The smallest absolute Gasteiger partial charge is 0.257 e. The summed E-state index contributed by atoms with van der Waals surface area (Å²) >= 11 is 0. The highest BCUT2D eigenvalue weighted by atomic mass is 16.2. The summed E-state index contributed by atoms with van der Waals surface area (Å²) in [4.78, 5) is 20.3. The SMILES string of the molecule is CC(C)N1CCC(c2cc(NC(=O)C3=C4N=CC=CN4NC3)n(C3CC=C(C4CC4)CC3)n2)CC1. The number of allylic oxidation sites excluding steroid dienone is 3. The van der Waals surface area contributed by atoms with E-state index in [0.29, 0.717) is 35.9 Å². The monoisotopic (exact) mass is 475 g/mol. The Balaban J connectivity index is 1.24. The van der Waals surface area contributed by atoms with Crippen LogP contribution in [-0.4, -0.2) is 57.5 Å². The van der Waals surface area contributed by atoms with Crippen LogP contribution in [0, 0.1) is 5.92 Å². The molecule has 0 aromatic carbocycles. The number of amides is 1. The molecule has 2 fully saturated rings. The van der Waals surface area contributed by atoms with E-state index in [2.05, 4.69) is 51.3 Å². The van der Waals surface area contributed by atoms with Crippen molar-refractivity contribution in [3.63, 3.8) is 0 Å². The topological polar surface area (TPSA) is 77.8 Å². The number of carbonyl (C=O) groups excluding carboxylic acids is 1. The molecule has 0 spiro atoms. The van der Waals surface area contributed by atoms with Gasteiger partial charge in [0.2, 0.25) is 0 Å². The fraction of sp³-hybridized carbons (Fsp3) is 0.593. The molecule has 2 aliphatic carbocycles. The Morgan fingerprint density at radius 3 is 2.69 bits per heavy atom. The number of nitrogens with one attached hydrogen (secondary N) is 2. The third kappa shape index (κ3) is 4.61. The second kappa shape index (κ2) is 9.39. The molecule has 1 aromatic rings. The van der Waals surface area contributed by atoms with Gasteiger partial charge in [0.05, 0.1) is 17.3 Å². The number of hydrogen-bond acceptors (Lipinski definition) is 6. The van der Waals surface area contributed by atoms with Crippen molar-refractivity contribution < 1.29 is 4.79 Å². The molecule has 8 nitrogen and oxygen atoms in total. The van der Waals surface area contributed by atoms with E-state index in [9.17, 15) is 4.79 Å². The maximum atomic E-state index is 13.4. The van der Waals surface area contributed by atoms with Gasteiger partial charge in [0, 0.05) is 37.0 Å². The van der Waals surface area contributed by atoms with Crippen LogP contribution in [0.1, 0.15) is 76.4 Å². The maximum absolute atomic E-state index is 13.4. The Morgan fingerprint density at radius 2 is 1.97 bits per heavy atom. The van der Waals surface area contributed by atoms with Crippen molar-refractivity contribution >= 4 is 17.9 Å². The Kier molecular flexibility index (Phi) is 6.10. The number of nitrogens with zero attached hydrogens (tertiary/aromatic N) is 5.